The molecule has 40 valence electrons. The van der Waals surface area contributed by atoms with Gasteiger partial charge in [-0.25, -0.2) is 0 Å². The number of nitrogens with zero attached hydrogens (tertiary/aromatic N) is 1. The van der Waals surface area contributed by atoms with Crippen molar-refractivity contribution in [2.24, 2.45) is 0 Å². The lowest BCUT2D eigenvalue weighted by Crippen LogP contribution is -2.07. The average Bonchev–Trinajstić information content (AvgIpc) is 1.69. The summed E-state index contributed by atoms with van der Waals surface area (Å²) in [5.74, 6) is 0. The van der Waals surface area contributed by atoms with Gasteiger partial charge in [0.2, 0.25) is 0 Å². The first kappa shape index (κ1) is 5.41. The van der Waals surface area contributed by atoms with Crippen molar-refractivity contribution in [3.05, 3.63) is 12.3 Å². The first-order valence-corrected chi connectivity index (χ1v) is 3.45. The van der Waals surface area contributed by atoms with Gasteiger partial charge < -0.3 is 3.11 Å². The summed E-state index contributed by atoms with van der Waals surface area (Å²) in [4.78, 5) is 0. The van der Waals surface area contributed by atoms with Crippen molar-refractivity contribution in [2.75, 3.05) is 6.54 Å². The predicted octanol–water partition coefficient (Wildman–Crippen LogP) is 1.95. The van der Waals surface area contributed by atoms with Gasteiger partial charge in [-0.3, -0.25) is 0 Å². The van der Waals surface area contributed by atoms with Crippen LogP contribution in [0.15, 0.2) is 12.3 Å². The lowest BCUT2D eigenvalue weighted by Gasteiger charge is -2.13. The van der Waals surface area contributed by atoms with Crippen molar-refractivity contribution in [1.82, 2.24) is 3.11 Å². The molecular weight excluding hydrogens is 201 g/mol. The van der Waals surface area contributed by atoms with Crippen LogP contribution in [-0.2, 0) is 0 Å². The average molecular weight is 209 g/mol. The fourth-order valence-corrected chi connectivity index (χ4v) is 1.19. The normalized spacial score (nSPS) is 20.4. The molecule has 1 heterocycles. The largest absolute Gasteiger partial charge is 0.322 e. The second kappa shape index (κ2) is 2.55. The molecule has 0 saturated carbocycles. The molecule has 1 rings (SSSR count). The van der Waals surface area contributed by atoms with E-state index in [0.717, 1.165) is 0 Å². The van der Waals surface area contributed by atoms with Crippen molar-refractivity contribution in [3.8, 4) is 0 Å². The van der Waals surface area contributed by atoms with Crippen LogP contribution in [0.25, 0.3) is 0 Å². The molecule has 0 fully saturated rings. The van der Waals surface area contributed by atoms with E-state index in [1.54, 1.807) is 0 Å². The lowest BCUT2D eigenvalue weighted by atomic mass is 10.2. The first-order chi connectivity index (χ1) is 3.39. The molecule has 7 heavy (non-hydrogen) atoms. The molecule has 0 radical (unpaired) electrons. The Morgan fingerprint density at radius 2 is 2.43 bits per heavy atom. The Hall–Kier alpha value is 0.270. The summed E-state index contributed by atoms with van der Waals surface area (Å²) < 4.78 is 2.18. The van der Waals surface area contributed by atoms with Crippen LogP contribution in [-0.4, -0.2) is 9.66 Å². The van der Waals surface area contributed by atoms with Crippen LogP contribution in [0.5, 0.6) is 0 Å². The number of halogens is 1. The van der Waals surface area contributed by atoms with Gasteiger partial charge in [0.1, 0.15) is 0 Å². The van der Waals surface area contributed by atoms with Crippen molar-refractivity contribution in [1.29, 1.82) is 0 Å². The summed E-state index contributed by atoms with van der Waals surface area (Å²) in [5, 5.41) is 0. The second-order valence-corrected chi connectivity index (χ2v) is 2.89. The highest BCUT2D eigenvalue weighted by Gasteiger charge is 1.95. The Morgan fingerprint density at radius 3 is 2.71 bits per heavy atom. The standard InChI is InChI=1S/C5H8IN/c6-7-4-2-1-3-5-7/h2,4H,1,3,5H2. The molecule has 1 aliphatic heterocycles. The van der Waals surface area contributed by atoms with Crippen LogP contribution in [0.4, 0.5) is 0 Å². The van der Waals surface area contributed by atoms with Gasteiger partial charge in [0.15, 0.2) is 0 Å². The molecular formula is C5H8IN. The molecule has 1 nitrogen and oxygen atoms in total. The summed E-state index contributed by atoms with van der Waals surface area (Å²) in [6, 6.07) is 0. The molecule has 0 saturated heterocycles. The summed E-state index contributed by atoms with van der Waals surface area (Å²) in [6.07, 6.45) is 6.92. The Labute approximate surface area is 57.9 Å². The van der Waals surface area contributed by atoms with E-state index in [1.165, 1.54) is 19.4 Å². The van der Waals surface area contributed by atoms with Crippen LogP contribution >= 0.6 is 22.9 Å². The van der Waals surface area contributed by atoms with Crippen LogP contribution in [0.2, 0.25) is 0 Å². The minimum Gasteiger partial charge on any atom is -0.322 e. The van der Waals surface area contributed by atoms with Crippen LogP contribution in [0, 0.1) is 0 Å². The molecule has 0 aromatic carbocycles. The molecule has 2 heteroatoms. The van der Waals surface area contributed by atoms with Gasteiger partial charge in [-0.1, -0.05) is 6.08 Å². The van der Waals surface area contributed by atoms with E-state index in [9.17, 15) is 0 Å². The highest BCUT2D eigenvalue weighted by molar-refractivity contribution is 14.1. The molecule has 0 aliphatic carbocycles. The van der Waals surface area contributed by atoms with Gasteiger partial charge in [-0.15, -0.1) is 0 Å². The molecule has 0 aromatic heterocycles. The highest BCUT2D eigenvalue weighted by atomic mass is 127. The van der Waals surface area contributed by atoms with E-state index >= 15 is 0 Å². The minimum atomic E-state index is 1.22. The van der Waals surface area contributed by atoms with Crippen LogP contribution in [0.3, 0.4) is 0 Å². The van der Waals surface area contributed by atoms with Crippen molar-refractivity contribution in [3.63, 3.8) is 0 Å². The Balaban J connectivity index is 2.36. The number of hydrogen-bond donors (Lipinski definition) is 0. The molecule has 0 bridgehead atoms. The maximum atomic E-state index is 2.30. The molecule has 0 unspecified atom stereocenters. The zero-order valence-corrected chi connectivity index (χ0v) is 6.26. The maximum absolute atomic E-state index is 2.30. The summed E-state index contributed by atoms with van der Waals surface area (Å²) in [6.45, 7) is 1.22. The Kier molecular flexibility index (Phi) is 1.97. The molecule has 0 aromatic rings. The van der Waals surface area contributed by atoms with Crippen LogP contribution in [0.1, 0.15) is 12.8 Å². The minimum absolute atomic E-state index is 1.22. The third-order valence-corrected chi connectivity index (χ3v) is 1.81. The van der Waals surface area contributed by atoms with Gasteiger partial charge in [0.25, 0.3) is 0 Å². The zero-order valence-electron chi connectivity index (χ0n) is 4.10. The summed E-state index contributed by atoms with van der Waals surface area (Å²) in [5.41, 5.74) is 0. The summed E-state index contributed by atoms with van der Waals surface area (Å²) in [7, 11) is 0. The highest BCUT2D eigenvalue weighted by Crippen LogP contribution is 2.08. The molecule has 0 spiro atoms. The molecule has 0 N–H and O–H groups in total. The Morgan fingerprint density at radius 1 is 1.57 bits per heavy atom. The number of hydrogen-bond acceptors (Lipinski definition) is 1. The molecule has 0 amide bonds. The van der Waals surface area contributed by atoms with Gasteiger partial charge in [0, 0.05) is 12.7 Å². The maximum Gasteiger partial charge on any atom is 0.0585 e. The van der Waals surface area contributed by atoms with Gasteiger partial charge in [-0.05, 0) is 12.8 Å². The Bertz CT molecular complexity index is 80.1. The first-order valence-electron chi connectivity index (χ1n) is 2.49. The van der Waals surface area contributed by atoms with E-state index in [2.05, 4.69) is 38.3 Å². The molecule has 1 aliphatic rings. The van der Waals surface area contributed by atoms with Crippen LogP contribution < -0.4 is 0 Å². The predicted molar refractivity (Wildman–Crippen MR) is 39.1 cm³/mol. The fourth-order valence-electron chi connectivity index (χ4n) is 0.624. The van der Waals surface area contributed by atoms with E-state index in [4.69, 9.17) is 0 Å². The van der Waals surface area contributed by atoms with E-state index in [1.807, 2.05) is 0 Å². The quantitative estimate of drug-likeness (QED) is 0.435. The lowest BCUT2D eigenvalue weighted by molar-refractivity contribution is 0.595. The van der Waals surface area contributed by atoms with Crippen molar-refractivity contribution < 1.29 is 0 Å². The topological polar surface area (TPSA) is 3.24 Å². The van der Waals surface area contributed by atoms with E-state index in [-0.39, 0.29) is 0 Å². The second-order valence-electron chi connectivity index (χ2n) is 1.65. The smallest absolute Gasteiger partial charge is 0.0585 e. The fraction of sp³-hybridized carbons (Fsp3) is 0.600. The SMILES string of the molecule is IN1C=CCCC1. The van der Waals surface area contributed by atoms with Gasteiger partial charge >= 0.3 is 0 Å². The monoisotopic (exact) mass is 209 g/mol. The van der Waals surface area contributed by atoms with Crippen molar-refractivity contribution >= 4 is 22.9 Å². The third-order valence-electron chi connectivity index (χ3n) is 1.01. The van der Waals surface area contributed by atoms with Crippen molar-refractivity contribution in [2.45, 2.75) is 12.8 Å². The number of rotatable bonds is 0. The van der Waals surface area contributed by atoms with Gasteiger partial charge in [-0.2, -0.15) is 0 Å². The number of allylic oxidation sites excluding steroid dienone is 1. The summed E-state index contributed by atoms with van der Waals surface area (Å²) >= 11 is 2.30. The van der Waals surface area contributed by atoms with Gasteiger partial charge in [0.05, 0.1) is 22.9 Å². The third kappa shape index (κ3) is 1.67. The van der Waals surface area contributed by atoms with E-state index < -0.39 is 0 Å². The zero-order chi connectivity index (χ0) is 5.11. The molecule has 0 atom stereocenters. The van der Waals surface area contributed by atoms with E-state index in [0.29, 0.717) is 0 Å².